The van der Waals surface area contributed by atoms with E-state index < -0.39 is 0 Å². The van der Waals surface area contributed by atoms with Crippen LogP contribution in [-0.4, -0.2) is 26.2 Å². The molecule has 0 atom stereocenters. The van der Waals surface area contributed by atoms with Crippen molar-refractivity contribution in [2.24, 2.45) is 4.99 Å². The van der Waals surface area contributed by atoms with Crippen molar-refractivity contribution >= 4 is 17.6 Å². The fraction of sp³-hybridized carbons (Fsp3) is 0.417. The molecule has 0 bridgehead atoms. The van der Waals surface area contributed by atoms with Crippen molar-refractivity contribution in [2.75, 3.05) is 20.2 Å². The first-order chi connectivity index (χ1) is 8.29. The third-order valence-corrected chi connectivity index (χ3v) is 2.82. The molecule has 0 unspecified atom stereocenters. The lowest BCUT2D eigenvalue weighted by atomic mass is 10.2. The number of guanidine groups is 1. The van der Waals surface area contributed by atoms with Crippen LogP contribution in [-0.2, 0) is 6.54 Å². The normalized spacial score (nSPS) is 14.8. The van der Waals surface area contributed by atoms with E-state index in [1.165, 1.54) is 0 Å². The topological polar surface area (TPSA) is 45.6 Å². The quantitative estimate of drug-likeness (QED) is 0.863. The largest absolute Gasteiger partial charge is 0.496 e. The summed E-state index contributed by atoms with van der Waals surface area (Å²) < 4.78 is 5.28. The lowest BCUT2D eigenvalue weighted by Crippen LogP contribution is -2.40. The highest BCUT2D eigenvalue weighted by molar-refractivity contribution is 6.30. The highest BCUT2D eigenvalue weighted by Crippen LogP contribution is 2.22. The Hall–Kier alpha value is -1.42. The summed E-state index contributed by atoms with van der Waals surface area (Å²) in [5.41, 5.74) is 1.02. The molecule has 17 heavy (non-hydrogen) atoms. The van der Waals surface area contributed by atoms with Gasteiger partial charge in [0.15, 0.2) is 5.96 Å². The van der Waals surface area contributed by atoms with Crippen molar-refractivity contribution < 1.29 is 4.74 Å². The van der Waals surface area contributed by atoms with Crippen LogP contribution in [0.4, 0.5) is 0 Å². The van der Waals surface area contributed by atoms with E-state index in [9.17, 15) is 0 Å². The number of hydrogen-bond donors (Lipinski definition) is 2. The second kappa shape index (κ2) is 5.77. The van der Waals surface area contributed by atoms with Gasteiger partial charge in [0.05, 0.1) is 7.11 Å². The molecule has 0 spiro atoms. The first-order valence-corrected chi connectivity index (χ1v) is 6.02. The van der Waals surface area contributed by atoms with Crippen LogP contribution >= 0.6 is 11.6 Å². The second-order valence-electron chi connectivity index (χ2n) is 3.82. The van der Waals surface area contributed by atoms with Gasteiger partial charge in [-0.1, -0.05) is 11.6 Å². The molecule has 1 aromatic carbocycles. The monoisotopic (exact) mass is 253 g/mol. The summed E-state index contributed by atoms with van der Waals surface area (Å²) in [5.74, 6) is 1.68. The smallest absolute Gasteiger partial charge is 0.191 e. The summed E-state index contributed by atoms with van der Waals surface area (Å²) >= 11 is 5.97. The zero-order valence-electron chi connectivity index (χ0n) is 9.79. The van der Waals surface area contributed by atoms with Crippen molar-refractivity contribution in [1.29, 1.82) is 0 Å². The molecule has 4 nitrogen and oxygen atoms in total. The lowest BCUT2D eigenvalue weighted by molar-refractivity contribution is 0.409. The van der Waals surface area contributed by atoms with Crippen molar-refractivity contribution in [3.63, 3.8) is 0 Å². The van der Waals surface area contributed by atoms with Crippen LogP contribution in [0.3, 0.4) is 0 Å². The van der Waals surface area contributed by atoms with Gasteiger partial charge in [0.2, 0.25) is 0 Å². The molecule has 1 aliphatic rings. The number of rotatable bonds is 3. The minimum absolute atomic E-state index is 0.648. The Bertz CT molecular complexity index is 420. The predicted octanol–water partition coefficient (Wildman–Crippen LogP) is 1.79. The number of benzene rings is 1. The zero-order valence-corrected chi connectivity index (χ0v) is 10.5. The molecular weight excluding hydrogens is 238 g/mol. The van der Waals surface area contributed by atoms with E-state index in [1.807, 2.05) is 18.2 Å². The van der Waals surface area contributed by atoms with E-state index in [2.05, 4.69) is 15.6 Å². The van der Waals surface area contributed by atoms with E-state index in [0.29, 0.717) is 11.6 Å². The lowest BCUT2D eigenvalue weighted by Gasteiger charge is -2.17. The van der Waals surface area contributed by atoms with Gasteiger partial charge in [0, 0.05) is 30.2 Å². The molecule has 2 N–H and O–H groups in total. The molecule has 0 amide bonds. The van der Waals surface area contributed by atoms with Gasteiger partial charge in [-0.2, -0.15) is 0 Å². The zero-order chi connectivity index (χ0) is 12.1. The molecule has 0 aliphatic carbocycles. The van der Waals surface area contributed by atoms with Crippen molar-refractivity contribution in [3.8, 4) is 5.75 Å². The first kappa shape index (κ1) is 12.0. The number of hydrogen-bond acceptors (Lipinski definition) is 4. The van der Waals surface area contributed by atoms with Gasteiger partial charge in [0.1, 0.15) is 5.75 Å². The number of methoxy groups -OCH3 is 1. The summed E-state index contributed by atoms with van der Waals surface area (Å²) in [6, 6.07) is 5.59. The van der Waals surface area contributed by atoms with Gasteiger partial charge < -0.3 is 15.4 Å². The molecule has 5 heteroatoms. The molecule has 0 fully saturated rings. The predicted molar refractivity (Wildman–Crippen MR) is 69.8 cm³/mol. The molecular formula is C12H16ClN3O. The standard InChI is InChI=1S/C12H16ClN3O/c1-17-11-4-3-10(13)7-9(11)8-16-12-14-5-2-6-15-12/h3-4,7H,2,5-6,8H2,1H3,(H2,14,15,16). The third-order valence-electron chi connectivity index (χ3n) is 2.59. The van der Waals surface area contributed by atoms with Crippen LogP contribution in [0.2, 0.25) is 5.02 Å². The fourth-order valence-corrected chi connectivity index (χ4v) is 1.91. The van der Waals surface area contributed by atoms with Crippen molar-refractivity contribution in [2.45, 2.75) is 13.0 Å². The maximum absolute atomic E-state index is 5.97. The summed E-state index contributed by atoms with van der Waals surface area (Å²) in [4.78, 5) is 4.34. The molecule has 0 aromatic heterocycles. The second-order valence-corrected chi connectivity index (χ2v) is 4.26. The van der Waals surface area contributed by atoms with E-state index in [-0.39, 0.29) is 0 Å². The number of nitrogens with zero attached hydrogens (tertiary/aromatic N) is 1. The highest BCUT2D eigenvalue weighted by Gasteiger charge is 2.06. The van der Waals surface area contributed by atoms with Crippen LogP contribution in [0.1, 0.15) is 12.0 Å². The maximum atomic E-state index is 5.97. The molecule has 92 valence electrons. The Morgan fingerprint density at radius 1 is 1.53 bits per heavy atom. The number of aliphatic imine (C=N–C) groups is 1. The average Bonchev–Trinajstić information content (AvgIpc) is 2.38. The van der Waals surface area contributed by atoms with Crippen LogP contribution in [0, 0.1) is 0 Å². The number of halogens is 1. The minimum Gasteiger partial charge on any atom is -0.496 e. The summed E-state index contributed by atoms with van der Waals surface area (Å²) in [5, 5.41) is 7.16. The number of ether oxygens (including phenoxy) is 1. The number of nitrogens with one attached hydrogen (secondary N) is 2. The van der Waals surface area contributed by atoms with Crippen LogP contribution in [0.15, 0.2) is 23.2 Å². The van der Waals surface area contributed by atoms with E-state index in [1.54, 1.807) is 7.11 Å². The maximum Gasteiger partial charge on any atom is 0.191 e. The summed E-state index contributed by atoms with van der Waals surface area (Å²) in [6.45, 7) is 2.50. The first-order valence-electron chi connectivity index (χ1n) is 5.64. The molecule has 1 aliphatic heterocycles. The molecule has 0 saturated heterocycles. The van der Waals surface area contributed by atoms with Gasteiger partial charge in [-0.05, 0) is 24.6 Å². The highest BCUT2D eigenvalue weighted by atomic mass is 35.5. The Morgan fingerprint density at radius 2 is 2.41 bits per heavy atom. The van der Waals surface area contributed by atoms with E-state index in [0.717, 1.165) is 36.8 Å². The average molecular weight is 254 g/mol. The third kappa shape index (κ3) is 3.27. The van der Waals surface area contributed by atoms with E-state index >= 15 is 0 Å². The van der Waals surface area contributed by atoms with Gasteiger partial charge in [-0.3, -0.25) is 4.99 Å². The Balaban J connectivity index is 2.02. The van der Waals surface area contributed by atoms with Crippen molar-refractivity contribution in [1.82, 2.24) is 10.6 Å². The van der Waals surface area contributed by atoms with Crippen molar-refractivity contribution in [3.05, 3.63) is 28.8 Å². The summed E-state index contributed by atoms with van der Waals surface area (Å²) in [7, 11) is 1.66. The molecule has 1 aromatic rings. The Morgan fingerprint density at radius 3 is 3.12 bits per heavy atom. The minimum atomic E-state index is 0.648. The SMILES string of the molecule is COc1ccc(Cl)cc1CNC1=NCCCN1. The Labute approximate surface area is 106 Å². The fourth-order valence-electron chi connectivity index (χ4n) is 1.72. The molecule has 1 heterocycles. The van der Waals surface area contributed by atoms with Crippen LogP contribution in [0.25, 0.3) is 0 Å². The summed E-state index contributed by atoms with van der Waals surface area (Å²) in [6.07, 6.45) is 1.09. The Kier molecular flexibility index (Phi) is 4.09. The van der Waals surface area contributed by atoms with Crippen LogP contribution in [0.5, 0.6) is 5.75 Å². The van der Waals surface area contributed by atoms with Crippen LogP contribution < -0.4 is 15.4 Å². The van der Waals surface area contributed by atoms with E-state index in [4.69, 9.17) is 16.3 Å². The van der Waals surface area contributed by atoms with Gasteiger partial charge in [-0.25, -0.2) is 0 Å². The van der Waals surface area contributed by atoms with Gasteiger partial charge >= 0.3 is 0 Å². The molecule has 0 radical (unpaired) electrons. The molecule has 2 rings (SSSR count). The van der Waals surface area contributed by atoms with Gasteiger partial charge in [0.25, 0.3) is 0 Å². The molecule has 0 saturated carbocycles. The van der Waals surface area contributed by atoms with Gasteiger partial charge in [-0.15, -0.1) is 0 Å².